The first-order chi connectivity index (χ1) is 15.6. The molecule has 1 aliphatic heterocycles. The molecule has 4 fully saturated rings. The van der Waals surface area contributed by atoms with Gasteiger partial charge in [0.2, 0.25) is 15.9 Å². The number of nitrogens with zero attached hydrogens (tertiary/aromatic N) is 1. The first-order valence-corrected chi connectivity index (χ1v) is 14.1. The van der Waals surface area contributed by atoms with Crippen LogP contribution in [0.25, 0.3) is 0 Å². The van der Waals surface area contributed by atoms with E-state index in [4.69, 9.17) is 0 Å². The maximum atomic E-state index is 14.9. The molecule has 8 heteroatoms. The summed E-state index contributed by atoms with van der Waals surface area (Å²) in [6.07, 6.45) is 5.60. The first kappa shape index (κ1) is 23.5. The number of hydrogen-bond acceptors (Lipinski definition) is 3. The minimum Gasteiger partial charge on any atom is -0.303 e. The molecule has 1 aromatic carbocycles. The van der Waals surface area contributed by atoms with Gasteiger partial charge in [0.15, 0.2) is 0 Å². The van der Waals surface area contributed by atoms with E-state index < -0.39 is 15.9 Å². The van der Waals surface area contributed by atoms with E-state index in [1.54, 1.807) is 6.07 Å². The van der Waals surface area contributed by atoms with E-state index >= 15 is 0 Å². The Labute approximate surface area is 195 Å². The summed E-state index contributed by atoms with van der Waals surface area (Å²) in [7, 11) is -3.38. The number of rotatable bonds is 9. The van der Waals surface area contributed by atoms with Gasteiger partial charge in [-0.25, -0.2) is 21.6 Å². The third kappa shape index (κ3) is 4.54. The van der Waals surface area contributed by atoms with Crippen molar-refractivity contribution in [3.05, 3.63) is 29.6 Å². The number of likely N-dealkylation sites (tertiary alicyclic amines) is 1. The number of fused-ring (bicyclic) bond motifs is 1. The van der Waals surface area contributed by atoms with Crippen LogP contribution in [-0.4, -0.2) is 44.1 Å². The number of nitrogens with one attached hydrogen (secondary N) is 1. The molecule has 1 aromatic rings. The molecule has 0 bridgehead atoms. The Morgan fingerprint density at radius 1 is 1.09 bits per heavy atom. The largest absolute Gasteiger partial charge is 0.303 e. The van der Waals surface area contributed by atoms with Crippen LogP contribution >= 0.6 is 0 Å². The average molecular weight is 485 g/mol. The van der Waals surface area contributed by atoms with Gasteiger partial charge in [0, 0.05) is 37.0 Å². The van der Waals surface area contributed by atoms with Gasteiger partial charge in [-0.15, -0.1) is 0 Å². The Balaban J connectivity index is 1.17. The highest BCUT2D eigenvalue weighted by atomic mass is 32.2. The van der Waals surface area contributed by atoms with Crippen LogP contribution < -0.4 is 4.72 Å². The summed E-state index contributed by atoms with van der Waals surface area (Å²) in [5, 5.41) is -0.315. The van der Waals surface area contributed by atoms with E-state index in [1.807, 2.05) is 0 Å². The van der Waals surface area contributed by atoms with Crippen LogP contribution in [0, 0.1) is 23.6 Å². The summed E-state index contributed by atoms with van der Waals surface area (Å²) in [5.41, 5.74) is 0.904. The average Bonchev–Trinajstić information content (AvgIpc) is 3.67. The van der Waals surface area contributed by atoms with Crippen LogP contribution in [0.2, 0.25) is 0 Å². The molecule has 4 nitrogen and oxygen atoms in total. The second-order valence-corrected chi connectivity index (χ2v) is 12.8. The third-order valence-electron chi connectivity index (χ3n) is 8.81. The Kier molecular flexibility index (Phi) is 6.00. The van der Waals surface area contributed by atoms with Gasteiger partial charge >= 0.3 is 0 Å². The van der Waals surface area contributed by atoms with Crippen molar-refractivity contribution in [3.8, 4) is 0 Å². The second kappa shape index (κ2) is 8.43. The van der Waals surface area contributed by atoms with Crippen LogP contribution in [-0.2, 0) is 15.4 Å². The number of alkyl halides is 2. The third-order valence-corrected chi connectivity index (χ3v) is 10.7. The normalized spacial score (nSPS) is 32.0. The van der Waals surface area contributed by atoms with Crippen molar-refractivity contribution in [3.63, 3.8) is 0 Å². The maximum Gasteiger partial charge on any atom is 0.248 e. The van der Waals surface area contributed by atoms with Crippen molar-refractivity contribution < 1.29 is 21.6 Å². The monoisotopic (exact) mass is 484 g/mol. The molecule has 3 atom stereocenters. The lowest BCUT2D eigenvalue weighted by atomic mass is 9.84. The molecule has 0 amide bonds. The highest BCUT2D eigenvalue weighted by Gasteiger charge is 2.68. The lowest BCUT2D eigenvalue weighted by Crippen LogP contribution is -2.32. The Morgan fingerprint density at radius 3 is 2.36 bits per heavy atom. The highest BCUT2D eigenvalue weighted by molar-refractivity contribution is 7.93. The Morgan fingerprint density at radius 2 is 1.76 bits per heavy atom. The molecule has 0 aromatic heterocycles. The van der Waals surface area contributed by atoms with Crippen molar-refractivity contribution >= 4 is 15.7 Å². The van der Waals surface area contributed by atoms with Crippen molar-refractivity contribution in [2.45, 2.75) is 81.3 Å². The van der Waals surface area contributed by atoms with Gasteiger partial charge < -0.3 is 4.90 Å². The van der Waals surface area contributed by atoms with Gasteiger partial charge in [0.25, 0.3) is 0 Å². The van der Waals surface area contributed by atoms with E-state index in [9.17, 15) is 21.6 Å². The van der Waals surface area contributed by atoms with Crippen LogP contribution in [0.5, 0.6) is 0 Å². The smallest absolute Gasteiger partial charge is 0.248 e. The van der Waals surface area contributed by atoms with Crippen molar-refractivity contribution in [1.82, 2.24) is 4.90 Å². The van der Waals surface area contributed by atoms with Gasteiger partial charge in [-0.1, -0.05) is 6.92 Å². The predicted molar refractivity (Wildman–Crippen MR) is 123 cm³/mol. The SMILES string of the molecule is CCC1(c2cc(NS(=O)(=O)C3CC3)ccc2F)[C@@H]2CN(CCCC3CCC(F)(F)CC3)C[C@@H]21. The lowest BCUT2D eigenvalue weighted by Gasteiger charge is -2.30. The first-order valence-electron chi connectivity index (χ1n) is 12.6. The van der Waals surface area contributed by atoms with Crippen molar-refractivity contribution in [2.75, 3.05) is 24.4 Å². The van der Waals surface area contributed by atoms with Gasteiger partial charge in [0.1, 0.15) is 5.82 Å². The van der Waals surface area contributed by atoms with E-state index in [0.29, 0.717) is 54.7 Å². The van der Waals surface area contributed by atoms with Crippen molar-refractivity contribution in [2.24, 2.45) is 17.8 Å². The molecule has 1 heterocycles. The molecule has 184 valence electrons. The van der Waals surface area contributed by atoms with Crippen LogP contribution in [0.4, 0.5) is 18.9 Å². The minimum absolute atomic E-state index is 0.0337. The molecule has 0 spiro atoms. The molecule has 3 saturated carbocycles. The topological polar surface area (TPSA) is 49.4 Å². The standard InChI is InChI=1S/C25H35F3N2O2S/c1-2-25(20-14-18(5-8-23(20)26)29-33(31,32)19-6-7-19)21-15-30(16-22(21)25)13-3-4-17-9-11-24(27,28)12-10-17/h5,8,14,17,19,21-22,29H,2-4,6-7,9-13,15-16H2,1H3/t21-,22+,25?. The maximum absolute atomic E-state index is 14.9. The fourth-order valence-electron chi connectivity index (χ4n) is 6.68. The number of anilines is 1. The molecule has 1 N–H and O–H groups in total. The van der Waals surface area contributed by atoms with E-state index in [0.717, 1.165) is 38.9 Å². The number of sulfonamides is 1. The molecule has 1 unspecified atom stereocenters. The zero-order chi connectivity index (χ0) is 23.4. The second-order valence-electron chi connectivity index (χ2n) is 10.8. The van der Waals surface area contributed by atoms with Crippen LogP contribution in [0.1, 0.15) is 70.3 Å². The van der Waals surface area contributed by atoms with E-state index in [2.05, 4.69) is 16.5 Å². The molecule has 33 heavy (non-hydrogen) atoms. The van der Waals surface area contributed by atoms with Crippen LogP contribution in [0.3, 0.4) is 0 Å². The summed E-state index contributed by atoms with van der Waals surface area (Å²) in [6.45, 7) is 4.93. The summed E-state index contributed by atoms with van der Waals surface area (Å²) < 4.78 is 68.9. The zero-order valence-corrected chi connectivity index (χ0v) is 20.1. The number of benzene rings is 1. The van der Waals surface area contributed by atoms with Crippen molar-refractivity contribution in [1.29, 1.82) is 0 Å². The molecule has 3 aliphatic carbocycles. The molecule has 0 radical (unpaired) electrons. The van der Waals surface area contributed by atoms with E-state index in [1.165, 1.54) is 12.1 Å². The van der Waals surface area contributed by atoms with E-state index in [-0.39, 0.29) is 29.3 Å². The van der Waals surface area contributed by atoms with Gasteiger partial charge in [-0.3, -0.25) is 4.72 Å². The minimum atomic E-state index is -3.38. The molecule has 4 aliphatic rings. The van der Waals surface area contributed by atoms with Gasteiger partial charge in [0.05, 0.1) is 5.25 Å². The fourth-order valence-corrected chi connectivity index (χ4v) is 8.05. The fraction of sp³-hybridized carbons (Fsp3) is 0.760. The molecular weight excluding hydrogens is 449 g/mol. The summed E-state index contributed by atoms with van der Waals surface area (Å²) in [5.74, 6) is -1.50. The van der Waals surface area contributed by atoms with Gasteiger partial charge in [-0.2, -0.15) is 0 Å². The quantitative estimate of drug-likeness (QED) is 0.500. The van der Waals surface area contributed by atoms with Crippen LogP contribution in [0.15, 0.2) is 18.2 Å². The molecule has 1 saturated heterocycles. The number of hydrogen-bond donors (Lipinski definition) is 1. The van der Waals surface area contributed by atoms with Gasteiger partial charge in [-0.05, 0) is 93.0 Å². The Bertz CT molecular complexity index is 973. The summed E-state index contributed by atoms with van der Waals surface area (Å²) in [6, 6.07) is 4.64. The lowest BCUT2D eigenvalue weighted by molar-refractivity contribution is -0.0468. The summed E-state index contributed by atoms with van der Waals surface area (Å²) in [4.78, 5) is 2.44. The zero-order valence-electron chi connectivity index (χ0n) is 19.3. The highest BCUT2D eigenvalue weighted by Crippen LogP contribution is 2.66. The number of halogens is 3. The molecule has 5 rings (SSSR count). The number of piperidine rings is 1. The Hall–Kier alpha value is -1.28. The summed E-state index contributed by atoms with van der Waals surface area (Å²) >= 11 is 0. The predicted octanol–water partition coefficient (Wildman–Crippen LogP) is 5.54. The molecular formula is C25H35F3N2O2S.